The van der Waals surface area contributed by atoms with Crippen molar-refractivity contribution in [2.45, 2.75) is 26.4 Å². The SMILES string of the molecule is CCN(Cc1cccs1)C(CN)C(C)COC. The molecule has 2 unspecified atom stereocenters. The minimum atomic E-state index is 0.391. The molecule has 0 fully saturated rings. The van der Waals surface area contributed by atoms with Gasteiger partial charge < -0.3 is 10.5 Å². The maximum Gasteiger partial charge on any atom is 0.0503 e. The van der Waals surface area contributed by atoms with Crippen LogP contribution in [0.1, 0.15) is 18.7 Å². The summed E-state index contributed by atoms with van der Waals surface area (Å²) in [6.07, 6.45) is 0. The molecule has 0 aliphatic rings. The lowest BCUT2D eigenvalue weighted by atomic mass is 10.0. The zero-order chi connectivity index (χ0) is 12.7. The predicted molar refractivity (Wildman–Crippen MR) is 74.3 cm³/mol. The van der Waals surface area contributed by atoms with Crippen LogP contribution in [0, 0.1) is 5.92 Å². The minimum Gasteiger partial charge on any atom is -0.384 e. The topological polar surface area (TPSA) is 38.5 Å². The van der Waals surface area contributed by atoms with E-state index in [0.29, 0.717) is 18.5 Å². The molecule has 3 nitrogen and oxygen atoms in total. The molecule has 0 amide bonds. The molecule has 0 radical (unpaired) electrons. The molecule has 0 saturated carbocycles. The number of hydrogen-bond acceptors (Lipinski definition) is 4. The van der Waals surface area contributed by atoms with Gasteiger partial charge in [0.25, 0.3) is 0 Å². The van der Waals surface area contributed by atoms with Gasteiger partial charge in [0.1, 0.15) is 0 Å². The number of hydrogen-bond donors (Lipinski definition) is 1. The quantitative estimate of drug-likeness (QED) is 0.775. The maximum absolute atomic E-state index is 5.92. The van der Waals surface area contributed by atoms with Crippen LogP contribution in [0.3, 0.4) is 0 Å². The highest BCUT2D eigenvalue weighted by Crippen LogP contribution is 2.17. The van der Waals surface area contributed by atoms with Crippen molar-refractivity contribution < 1.29 is 4.74 Å². The van der Waals surface area contributed by atoms with E-state index < -0.39 is 0 Å². The Morgan fingerprint density at radius 1 is 1.53 bits per heavy atom. The van der Waals surface area contributed by atoms with Crippen LogP contribution in [0.5, 0.6) is 0 Å². The van der Waals surface area contributed by atoms with Crippen LogP contribution in [0.15, 0.2) is 17.5 Å². The second-order valence-corrected chi connectivity index (χ2v) is 5.41. The number of ether oxygens (including phenoxy) is 1. The van der Waals surface area contributed by atoms with Crippen molar-refractivity contribution in [1.82, 2.24) is 4.90 Å². The third-order valence-electron chi connectivity index (χ3n) is 3.14. The number of nitrogens with zero attached hydrogens (tertiary/aromatic N) is 1. The van der Waals surface area contributed by atoms with Crippen molar-refractivity contribution in [3.63, 3.8) is 0 Å². The molecule has 0 aliphatic heterocycles. The lowest BCUT2D eigenvalue weighted by Crippen LogP contribution is -2.45. The second kappa shape index (κ2) is 7.82. The summed E-state index contributed by atoms with van der Waals surface area (Å²) in [7, 11) is 1.75. The van der Waals surface area contributed by atoms with Crippen molar-refractivity contribution in [3.8, 4) is 0 Å². The average Bonchev–Trinajstić information content (AvgIpc) is 2.81. The number of thiophene rings is 1. The first-order valence-electron chi connectivity index (χ1n) is 6.18. The lowest BCUT2D eigenvalue weighted by molar-refractivity contribution is 0.0843. The zero-order valence-corrected chi connectivity index (χ0v) is 11.9. The zero-order valence-electron chi connectivity index (χ0n) is 11.1. The van der Waals surface area contributed by atoms with Crippen molar-refractivity contribution >= 4 is 11.3 Å². The molecular weight excluding hydrogens is 232 g/mol. The second-order valence-electron chi connectivity index (χ2n) is 4.38. The molecular formula is C13H24N2OS. The van der Waals surface area contributed by atoms with E-state index in [4.69, 9.17) is 10.5 Å². The number of rotatable bonds is 8. The molecule has 0 spiro atoms. The normalized spacial score (nSPS) is 15.1. The van der Waals surface area contributed by atoms with Gasteiger partial charge >= 0.3 is 0 Å². The van der Waals surface area contributed by atoms with Crippen molar-refractivity contribution in [2.75, 3.05) is 26.8 Å². The van der Waals surface area contributed by atoms with Crippen LogP contribution < -0.4 is 5.73 Å². The van der Waals surface area contributed by atoms with E-state index in [1.807, 2.05) is 0 Å². The Morgan fingerprint density at radius 3 is 2.76 bits per heavy atom. The Hall–Kier alpha value is -0.420. The van der Waals surface area contributed by atoms with E-state index in [1.165, 1.54) is 4.88 Å². The van der Waals surface area contributed by atoms with Crippen molar-refractivity contribution in [1.29, 1.82) is 0 Å². The molecule has 1 aromatic rings. The molecule has 98 valence electrons. The van der Waals surface area contributed by atoms with Crippen LogP contribution in [0.25, 0.3) is 0 Å². The van der Waals surface area contributed by atoms with Gasteiger partial charge in [-0.2, -0.15) is 0 Å². The van der Waals surface area contributed by atoms with Gasteiger partial charge in [0.05, 0.1) is 6.61 Å². The molecule has 1 rings (SSSR count). The molecule has 0 aromatic carbocycles. The standard InChI is InChI=1S/C13H24N2OS/c1-4-15(9-12-6-5-7-17-12)13(8-14)11(2)10-16-3/h5-7,11,13H,4,8-10,14H2,1-3H3. The molecule has 4 heteroatoms. The minimum absolute atomic E-state index is 0.391. The Morgan fingerprint density at radius 2 is 2.29 bits per heavy atom. The van der Waals surface area contributed by atoms with Gasteiger partial charge in [-0.1, -0.05) is 19.9 Å². The summed E-state index contributed by atoms with van der Waals surface area (Å²) < 4.78 is 5.24. The van der Waals surface area contributed by atoms with E-state index in [1.54, 1.807) is 18.4 Å². The summed E-state index contributed by atoms with van der Waals surface area (Å²) in [5.74, 6) is 0.463. The first kappa shape index (κ1) is 14.6. The molecule has 0 bridgehead atoms. The smallest absolute Gasteiger partial charge is 0.0503 e. The van der Waals surface area contributed by atoms with E-state index in [0.717, 1.165) is 19.7 Å². The largest absolute Gasteiger partial charge is 0.384 e. The van der Waals surface area contributed by atoms with E-state index in [2.05, 4.69) is 36.3 Å². The van der Waals surface area contributed by atoms with Gasteiger partial charge in [-0.25, -0.2) is 0 Å². The highest BCUT2D eigenvalue weighted by atomic mass is 32.1. The van der Waals surface area contributed by atoms with Crippen LogP contribution in [-0.2, 0) is 11.3 Å². The Labute approximate surface area is 109 Å². The third kappa shape index (κ3) is 4.39. The molecule has 17 heavy (non-hydrogen) atoms. The summed E-state index contributed by atoms with van der Waals surface area (Å²) in [4.78, 5) is 3.84. The molecule has 2 atom stereocenters. The van der Waals surface area contributed by atoms with Crippen LogP contribution >= 0.6 is 11.3 Å². The fourth-order valence-corrected chi connectivity index (χ4v) is 2.91. The van der Waals surface area contributed by atoms with Crippen molar-refractivity contribution in [3.05, 3.63) is 22.4 Å². The maximum atomic E-state index is 5.92. The molecule has 0 aliphatic carbocycles. The van der Waals surface area contributed by atoms with E-state index in [-0.39, 0.29) is 0 Å². The first-order valence-corrected chi connectivity index (χ1v) is 7.06. The Balaban J connectivity index is 2.62. The molecule has 1 aromatic heterocycles. The molecule has 0 saturated heterocycles. The third-order valence-corrected chi connectivity index (χ3v) is 4.00. The fourth-order valence-electron chi connectivity index (χ4n) is 2.18. The predicted octanol–water partition coefficient (Wildman–Crippen LogP) is 2.18. The van der Waals surface area contributed by atoms with E-state index in [9.17, 15) is 0 Å². The van der Waals surface area contributed by atoms with Gasteiger partial charge in [-0.15, -0.1) is 11.3 Å². The summed E-state index contributed by atoms with van der Waals surface area (Å²) in [5, 5.41) is 2.12. The summed E-state index contributed by atoms with van der Waals surface area (Å²) in [5.41, 5.74) is 5.92. The Bertz CT molecular complexity index is 290. The van der Waals surface area contributed by atoms with Crippen LogP contribution in [-0.4, -0.2) is 37.7 Å². The van der Waals surface area contributed by atoms with Gasteiger partial charge in [0.2, 0.25) is 0 Å². The fraction of sp³-hybridized carbons (Fsp3) is 0.692. The molecule has 2 N–H and O–H groups in total. The number of methoxy groups -OCH3 is 1. The number of likely N-dealkylation sites (N-methyl/N-ethyl adjacent to an activating group) is 1. The van der Waals surface area contributed by atoms with E-state index >= 15 is 0 Å². The van der Waals surface area contributed by atoms with Gasteiger partial charge in [0.15, 0.2) is 0 Å². The average molecular weight is 256 g/mol. The first-order chi connectivity index (χ1) is 8.22. The summed E-state index contributed by atoms with van der Waals surface area (Å²) in [6.45, 7) is 7.86. The summed E-state index contributed by atoms with van der Waals surface area (Å²) >= 11 is 1.81. The van der Waals surface area contributed by atoms with Crippen molar-refractivity contribution in [2.24, 2.45) is 11.7 Å². The van der Waals surface area contributed by atoms with Gasteiger partial charge in [-0.05, 0) is 23.9 Å². The Kier molecular flexibility index (Phi) is 6.73. The molecule has 1 heterocycles. The summed E-state index contributed by atoms with van der Waals surface area (Å²) in [6, 6.07) is 4.67. The monoisotopic (exact) mass is 256 g/mol. The highest BCUT2D eigenvalue weighted by Gasteiger charge is 2.22. The van der Waals surface area contributed by atoms with Gasteiger partial charge in [-0.3, -0.25) is 4.90 Å². The van der Waals surface area contributed by atoms with Gasteiger partial charge in [0, 0.05) is 31.1 Å². The van der Waals surface area contributed by atoms with Crippen LogP contribution in [0.4, 0.5) is 0 Å². The highest BCUT2D eigenvalue weighted by molar-refractivity contribution is 7.09. The number of nitrogens with two attached hydrogens (primary N) is 1. The lowest BCUT2D eigenvalue weighted by Gasteiger charge is -2.33. The van der Waals surface area contributed by atoms with Crippen LogP contribution in [0.2, 0.25) is 0 Å².